The number of rotatable bonds is 5. The molecule has 0 bridgehead atoms. The number of hydrogen-bond acceptors (Lipinski definition) is 3. The number of benzene rings is 3. The quantitative estimate of drug-likeness (QED) is 0.468. The maximum absolute atomic E-state index is 12.9. The van der Waals surface area contributed by atoms with Gasteiger partial charge in [0.05, 0.1) is 5.52 Å². The molecule has 3 N–H and O–H groups in total. The number of carbonyl (C=O) groups excluding carboxylic acids is 2. The Balaban J connectivity index is 1.40. The molecule has 0 aliphatic rings. The van der Waals surface area contributed by atoms with Crippen LogP contribution in [0.15, 0.2) is 66.7 Å². The molecule has 30 heavy (non-hydrogen) atoms. The van der Waals surface area contributed by atoms with E-state index in [1.807, 2.05) is 25.1 Å². The molecule has 0 aliphatic carbocycles. The van der Waals surface area contributed by atoms with Gasteiger partial charge >= 0.3 is 0 Å². The van der Waals surface area contributed by atoms with E-state index in [-0.39, 0.29) is 17.6 Å². The van der Waals surface area contributed by atoms with Gasteiger partial charge in [-0.2, -0.15) is 5.10 Å². The first-order valence-electron chi connectivity index (χ1n) is 9.38. The third-order valence-electron chi connectivity index (χ3n) is 4.70. The molecule has 1 aromatic heterocycles. The summed E-state index contributed by atoms with van der Waals surface area (Å²) in [5.74, 6) is -0.910. The molecule has 2 amide bonds. The Morgan fingerprint density at radius 2 is 1.70 bits per heavy atom. The molecule has 1 heterocycles. The van der Waals surface area contributed by atoms with Crippen molar-refractivity contribution in [1.29, 1.82) is 0 Å². The normalized spacial score (nSPS) is 10.7. The predicted octanol–water partition coefficient (Wildman–Crippen LogP) is 4.19. The first-order chi connectivity index (χ1) is 14.5. The molecular weight excluding hydrogens is 383 g/mol. The second-order valence-electron chi connectivity index (χ2n) is 6.96. The number of halogens is 1. The van der Waals surface area contributed by atoms with Crippen molar-refractivity contribution >= 4 is 28.4 Å². The number of nitrogens with zero attached hydrogens (tertiary/aromatic N) is 1. The first kappa shape index (κ1) is 19.3. The van der Waals surface area contributed by atoms with E-state index in [4.69, 9.17) is 0 Å². The Morgan fingerprint density at radius 1 is 0.967 bits per heavy atom. The minimum Gasteiger partial charge on any atom is -0.348 e. The van der Waals surface area contributed by atoms with Crippen LogP contribution in [0.5, 0.6) is 0 Å². The summed E-state index contributed by atoms with van der Waals surface area (Å²) in [6.07, 6.45) is 0. The van der Waals surface area contributed by atoms with E-state index in [2.05, 4.69) is 20.8 Å². The Labute approximate surface area is 172 Å². The highest BCUT2D eigenvalue weighted by molar-refractivity contribution is 6.11. The molecule has 4 aromatic rings. The van der Waals surface area contributed by atoms with Gasteiger partial charge in [-0.05, 0) is 61.0 Å². The summed E-state index contributed by atoms with van der Waals surface area (Å²) < 4.78 is 12.9. The Hall–Kier alpha value is -4.00. The Bertz CT molecular complexity index is 1210. The summed E-state index contributed by atoms with van der Waals surface area (Å²) in [6, 6.07) is 18.2. The van der Waals surface area contributed by atoms with Crippen LogP contribution in [0.4, 0.5) is 10.1 Å². The van der Waals surface area contributed by atoms with Gasteiger partial charge in [-0.25, -0.2) is 4.39 Å². The molecule has 0 unspecified atom stereocenters. The van der Waals surface area contributed by atoms with Crippen LogP contribution in [0, 0.1) is 12.7 Å². The molecule has 0 aliphatic heterocycles. The third kappa shape index (κ3) is 4.20. The zero-order chi connectivity index (χ0) is 21.1. The zero-order valence-corrected chi connectivity index (χ0v) is 16.2. The average molecular weight is 402 g/mol. The maximum Gasteiger partial charge on any atom is 0.276 e. The van der Waals surface area contributed by atoms with Crippen molar-refractivity contribution in [2.75, 3.05) is 5.32 Å². The lowest BCUT2D eigenvalue weighted by Gasteiger charge is -2.07. The number of amides is 2. The molecule has 7 heteroatoms. The fourth-order valence-corrected chi connectivity index (χ4v) is 3.08. The van der Waals surface area contributed by atoms with Crippen molar-refractivity contribution in [3.05, 3.63) is 94.9 Å². The van der Waals surface area contributed by atoms with Crippen molar-refractivity contribution in [2.45, 2.75) is 13.5 Å². The van der Waals surface area contributed by atoms with E-state index in [1.54, 1.807) is 36.4 Å². The number of aromatic amines is 1. The maximum atomic E-state index is 12.9. The summed E-state index contributed by atoms with van der Waals surface area (Å²) in [5, 5.41) is 13.3. The minimum atomic E-state index is -0.333. The molecule has 0 atom stereocenters. The number of anilines is 1. The second kappa shape index (κ2) is 8.16. The van der Waals surface area contributed by atoms with Gasteiger partial charge in [-0.3, -0.25) is 14.7 Å². The summed E-state index contributed by atoms with van der Waals surface area (Å²) in [7, 11) is 0. The van der Waals surface area contributed by atoms with Gasteiger partial charge in [-0.1, -0.05) is 23.8 Å². The predicted molar refractivity (Wildman–Crippen MR) is 113 cm³/mol. The number of nitrogens with one attached hydrogen (secondary N) is 3. The van der Waals surface area contributed by atoms with Crippen molar-refractivity contribution in [1.82, 2.24) is 15.5 Å². The van der Waals surface area contributed by atoms with Crippen LogP contribution in [-0.4, -0.2) is 22.0 Å². The lowest BCUT2D eigenvalue weighted by atomic mass is 10.1. The third-order valence-corrected chi connectivity index (χ3v) is 4.70. The van der Waals surface area contributed by atoms with Crippen LogP contribution >= 0.6 is 0 Å². The number of fused-ring (bicyclic) bond motifs is 1. The van der Waals surface area contributed by atoms with Gasteiger partial charge in [0.2, 0.25) is 0 Å². The van der Waals surface area contributed by atoms with Crippen LogP contribution in [0.2, 0.25) is 0 Å². The monoisotopic (exact) mass is 402 g/mol. The van der Waals surface area contributed by atoms with Crippen molar-refractivity contribution in [3.8, 4) is 0 Å². The van der Waals surface area contributed by atoms with Crippen LogP contribution in [0.3, 0.4) is 0 Å². The zero-order valence-electron chi connectivity index (χ0n) is 16.2. The average Bonchev–Trinajstić information content (AvgIpc) is 3.17. The molecule has 6 nitrogen and oxygen atoms in total. The number of H-pyrrole nitrogens is 1. The first-order valence-corrected chi connectivity index (χ1v) is 9.38. The van der Waals surface area contributed by atoms with Gasteiger partial charge in [0.15, 0.2) is 5.69 Å². The van der Waals surface area contributed by atoms with Gasteiger partial charge in [0, 0.05) is 23.2 Å². The van der Waals surface area contributed by atoms with Crippen LogP contribution in [-0.2, 0) is 6.54 Å². The lowest BCUT2D eigenvalue weighted by molar-refractivity contribution is 0.0950. The fraction of sp³-hybridized carbons (Fsp3) is 0.0870. The smallest absolute Gasteiger partial charge is 0.276 e. The Kier molecular flexibility index (Phi) is 5.26. The van der Waals surface area contributed by atoms with E-state index in [0.29, 0.717) is 23.5 Å². The molecule has 0 saturated carbocycles. The number of aromatic nitrogens is 2. The summed E-state index contributed by atoms with van der Waals surface area (Å²) in [4.78, 5) is 24.9. The van der Waals surface area contributed by atoms with E-state index in [1.165, 1.54) is 12.1 Å². The second-order valence-corrected chi connectivity index (χ2v) is 6.96. The standard InChI is InChI=1S/C23H19FN4O2/c1-14-2-11-20-19(12-14)21(28-27-20)23(30)26-18-9-5-16(6-10-18)22(29)25-13-15-3-7-17(24)8-4-15/h2-12H,13H2,1H3,(H,25,29)(H,26,30)(H,27,28). The van der Waals surface area contributed by atoms with E-state index < -0.39 is 0 Å². The van der Waals surface area contributed by atoms with Gasteiger partial charge in [-0.15, -0.1) is 0 Å². The SMILES string of the molecule is Cc1ccc2[nH]nc(C(=O)Nc3ccc(C(=O)NCc4ccc(F)cc4)cc3)c2c1. The number of carbonyl (C=O) groups is 2. The van der Waals surface area contributed by atoms with Gasteiger partial charge in [0.25, 0.3) is 11.8 Å². The molecule has 0 fully saturated rings. The summed E-state index contributed by atoms with van der Waals surface area (Å²) in [5.41, 5.74) is 3.95. The van der Waals surface area contributed by atoms with Gasteiger partial charge < -0.3 is 10.6 Å². The van der Waals surface area contributed by atoms with Crippen molar-refractivity contribution in [3.63, 3.8) is 0 Å². The lowest BCUT2D eigenvalue weighted by Crippen LogP contribution is -2.22. The topological polar surface area (TPSA) is 86.9 Å². The van der Waals surface area contributed by atoms with E-state index in [0.717, 1.165) is 22.0 Å². The summed E-state index contributed by atoms with van der Waals surface area (Å²) in [6.45, 7) is 2.25. The fourth-order valence-electron chi connectivity index (χ4n) is 3.08. The largest absolute Gasteiger partial charge is 0.348 e. The molecule has 3 aromatic carbocycles. The molecular formula is C23H19FN4O2. The number of aryl methyl sites for hydroxylation is 1. The van der Waals surface area contributed by atoms with Crippen molar-refractivity contribution < 1.29 is 14.0 Å². The summed E-state index contributed by atoms with van der Waals surface area (Å²) >= 11 is 0. The highest BCUT2D eigenvalue weighted by atomic mass is 19.1. The molecule has 150 valence electrons. The number of hydrogen-bond donors (Lipinski definition) is 3. The van der Waals surface area contributed by atoms with Crippen LogP contribution in [0.25, 0.3) is 10.9 Å². The Morgan fingerprint density at radius 3 is 2.43 bits per heavy atom. The highest BCUT2D eigenvalue weighted by Gasteiger charge is 2.15. The van der Waals surface area contributed by atoms with E-state index >= 15 is 0 Å². The molecule has 4 rings (SSSR count). The van der Waals surface area contributed by atoms with Crippen molar-refractivity contribution in [2.24, 2.45) is 0 Å². The minimum absolute atomic E-state index is 0.258. The molecule has 0 spiro atoms. The van der Waals surface area contributed by atoms with Crippen LogP contribution in [0.1, 0.15) is 32.0 Å². The van der Waals surface area contributed by atoms with Crippen LogP contribution < -0.4 is 10.6 Å². The molecule has 0 radical (unpaired) electrons. The highest BCUT2D eigenvalue weighted by Crippen LogP contribution is 2.19. The molecule has 0 saturated heterocycles. The van der Waals surface area contributed by atoms with E-state index in [9.17, 15) is 14.0 Å². The van der Waals surface area contributed by atoms with Gasteiger partial charge in [0.1, 0.15) is 5.82 Å².